The summed E-state index contributed by atoms with van der Waals surface area (Å²) in [5, 5.41) is 0. The van der Waals surface area contributed by atoms with Crippen LogP contribution < -0.4 is 9.47 Å². The first kappa shape index (κ1) is 15.8. The van der Waals surface area contributed by atoms with Gasteiger partial charge in [0.25, 0.3) is 0 Å². The molecular formula is C14H17O6. The first-order chi connectivity index (χ1) is 9.67. The lowest BCUT2D eigenvalue weighted by atomic mass is 10.3. The van der Waals surface area contributed by atoms with E-state index < -0.39 is 11.9 Å². The van der Waals surface area contributed by atoms with E-state index in [9.17, 15) is 9.59 Å². The molecule has 0 unspecified atom stereocenters. The summed E-state index contributed by atoms with van der Waals surface area (Å²) in [6.07, 6.45) is 0. The van der Waals surface area contributed by atoms with Gasteiger partial charge in [-0.25, -0.2) is 9.59 Å². The summed E-state index contributed by atoms with van der Waals surface area (Å²) in [6.45, 7) is 3.53. The highest BCUT2D eigenvalue weighted by atomic mass is 16.6. The maximum absolute atomic E-state index is 11.2. The Kier molecular flexibility index (Phi) is 6.95. The fourth-order valence-electron chi connectivity index (χ4n) is 1.31. The molecule has 1 radical (unpaired) electrons. The number of rotatable bonds is 8. The molecule has 6 nitrogen and oxygen atoms in total. The molecule has 0 heterocycles. The lowest BCUT2D eigenvalue weighted by Gasteiger charge is -2.11. The van der Waals surface area contributed by atoms with Crippen LogP contribution in [-0.2, 0) is 19.1 Å². The Labute approximate surface area is 117 Å². The molecular weight excluding hydrogens is 264 g/mol. The van der Waals surface area contributed by atoms with Gasteiger partial charge in [0, 0.05) is 0 Å². The lowest BCUT2D eigenvalue weighted by molar-refractivity contribution is -0.146. The van der Waals surface area contributed by atoms with Crippen LogP contribution in [0, 0.1) is 6.07 Å². The van der Waals surface area contributed by atoms with Gasteiger partial charge in [-0.3, -0.25) is 0 Å². The zero-order valence-corrected chi connectivity index (χ0v) is 11.5. The quantitative estimate of drug-likeness (QED) is 0.670. The molecule has 0 bridgehead atoms. The lowest BCUT2D eigenvalue weighted by Crippen LogP contribution is -2.17. The third kappa shape index (κ3) is 5.60. The first-order valence-corrected chi connectivity index (χ1v) is 6.24. The molecule has 0 saturated carbocycles. The minimum Gasteiger partial charge on any atom is -0.478 e. The van der Waals surface area contributed by atoms with E-state index in [1.165, 1.54) is 6.07 Å². The number of ether oxygens (including phenoxy) is 4. The van der Waals surface area contributed by atoms with E-state index in [1.807, 2.05) is 0 Å². The average molecular weight is 281 g/mol. The number of esters is 2. The van der Waals surface area contributed by atoms with Crippen molar-refractivity contribution in [3.8, 4) is 11.5 Å². The van der Waals surface area contributed by atoms with Crippen LogP contribution in [0.5, 0.6) is 11.5 Å². The first-order valence-electron chi connectivity index (χ1n) is 6.24. The number of hydrogen-bond acceptors (Lipinski definition) is 6. The predicted molar refractivity (Wildman–Crippen MR) is 69.5 cm³/mol. The second-order valence-corrected chi connectivity index (χ2v) is 3.56. The van der Waals surface area contributed by atoms with E-state index in [0.717, 1.165) is 0 Å². The van der Waals surface area contributed by atoms with Crippen LogP contribution in [0.25, 0.3) is 0 Å². The Morgan fingerprint density at radius 3 is 2.10 bits per heavy atom. The largest absolute Gasteiger partial charge is 0.478 e. The summed E-state index contributed by atoms with van der Waals surface area (Å²) in [6, 6.07) is 7.50. The highest BCUT2D eigenvalue weighted by molar-refractivity contribution is 5.72. The van der Waals surface area contributed by atoms with Crippen molar-refractivity contribution in [1.29, 1.82) is 0 Å². The Balaban J connectivity index is 2.54. The molecule has 0 amide bonds. The molecule has 0 saturated heterocycles. The van der Waals surface area contributed by atoms with Crippen LogP contribution in [-0.4, -0.2) is 38.4 Å². The number of carbonyl (C=O) groups excluding carboxylic acids is 2. The van der Waals surface area contributed by atoms with Gasteiger partial charge in [0.05, 0.1) is 13.2 Å². The van der Waals surface area contributed by atoms with Crippen LogP contribution in [0.15, 0.2) is 18.2 Å². The van der Waals surface area contributed by atoms with Gasteiger partial charge in [-0.2, -0.15) is 0 Å². The van der Waals surface area contributed by atoms with E-state index in [-0.39, 0.29) is 26.4 Å². The fourth-order valence-corrected chi connectivity index (χ4v) is 1.31. The molecule has 20 heavy (non-hydrogen) atoms. The third-order valence-corrected chi connectivity index (χ3v) is 2.09. The van der Waals surface area contributed by atoms with Crippen LogP contribution in [0.3, 0.4) is 0 Å². The zero-order chi connectivity index (χ0) is 14.8. The standard InChI is InChI=1S/C14H17O6/c1-3-17-13(15)9-19-11-7-5-6-8-12(11)20-10-14(16)18-4-2/h5,7-8H,3-4,9-10H2,1-2H3. The van der Waals surface area contributed by atoms with Crippen molar-refractivity contribution in [2.75, 3.05) is 26.4 Å². The number of carbonyl (C=O) groups is 2. The maximum atomic E-state index is 11.2. The molecule has 0 atom stereocenters. The Morgan fingerprint density at radius 1 is 1.00 bits per heavy atom. The molecule has 6 heteroatoms. The molecule has 1 rings (SSSR count). The second kappa shape index (κ2) is 8.79. The van der Waals surface area contributed by atoms with E-state index >= 15 is 0 Å². The fraction of sp³-hybridized carbons (Fsp3) is 0.429. The van der Waals surface area contributed by atoms with Crippen LogP contribution in [0.1, 0.15) is 13.8 Å². The van der Waals surface area contributed by atoms with Gasteiger partial charge in [-0.15, -0.1) is 0 Å². The summed E-state index contributed by atoms with van der Waals surface area (Å²) >= 11 is 0. The molecule has 109 valence electrons. The molecule has 0 aromatic heterocycles. The molecule has 1 aromatic rings. The van der Waals surface area contributed by atoms with Crippen molar-refractivity contribution >= 4 is 11.9 Å². The molecule has 0 fully saturated rings. The third-order valence-electron chi connectivity index (χ3n) is 2.09. The molecule has 1 aromatic carbocycles. The minimum absolute atomic E-state index is 0.229. The number of hydrogen-bond donors (Lipinski definition) is 0. The summed E-state index contributed by atoms with van der Waals surface area (Å²) in [4.78, 5) is 22.4. The molecule has 0 spiro atoms. The zero-order valence-electron chi connectivity index (χ0n) is 11.5. The molecule has 0 N–H and O–H groups in total. The predicted octanol–water partition coefficient (Wildman–Crippen LogP) is 1.37. The van der Waals surface area contributed by atoms with Gasteiger partial charge < -0.3 is 18.9 Å². The van der Waals surface area contributed by atoms with Crippen LogP contribution >= 0.6 is 0 Å². The van der Waals surface area contributed by atoms with Crippen molar-refractivity contribution in [1.82, 2.24) is 0 Å². The SMILES string of the molecule is CCOC(=O)COc1c[c]ccc1OCC(=O)OCC. The topological polar surface area (TPSA) is 71.1 Å². The van der Waals surface area contributed by atoms with Gasteiger partial charge >= 0.3 is 11.9 Å². The van der Waals surface area contributed by atoms with E-state index in [2.05, 4.69) is 6.07 Å². The number of benzene rings is 1. The Bertz CT molecular complexity index is 402. The van der Waals surface area contributed by atoms with Crippen molar-refractivity contribution < 1.29 is 28.5 Å². The van der Waals surface area contributed by atoms with E-state index in [1.54, 1.807) is 26.0 Å². The normalized spacial score (nSPS) is 9.70. The van der Waals surface area contributed by atoms with Gasteiger partial charge in [0.1, 0.15) is 0 Å². The smallest absolute Gasteiger partial charge is 0.344 e. The molecule has 0 aliphatic heterocycles. The van der Waals surface area contributed by atoms with Gasteiger partial charge in [-0.1, -0.05) is 6.07 Å². The van der Waals surface area contributed by atoms with Gasteiger partial charge in [0.15, 0.2) is 24.7 Å². The van der Waals surface area contributed by atoms with Crippen molar-refractivity contribution in [3.63, 3.8) is 0 Å². The minimum atomic E-state index is -0.479. The van der Waals surface area contributed by atoms with Gasteiger partial charge in [-0.05, 0) is 32.0 Å². The summed E-state index contributed by atoms with van der Waals surface area (Å²) < 4.78 is 20.0. The van der Waals surface area contributed by atoms with Crippen molar-refractivity contribution in [2.24, 2.45) is 0 Å². The maximum Gasteiger partial charge on any atom is 0.344 e. The highest BCUT2D eigenvalue weighted by Crippen LogP contribution is 2.26. The summed E-state index contributed by atoms with van der Waals surface area (Å²) in [5.41, 5.74) is 0. The van der Waals surface area contributed by atoms with Gasteiger partial charge in [0.2, 0.25) is 0 Å². The van der Waals surface area contributed by atoms with E-state index in [4.69, 9.17) is 18.9 Å². The average Bonchev–Trinajstić information content (AvgIpc) is 2.44. The Morgan fingerprint density at radius 2 is 1.55 bits per heavy atom. The van der Waals surface area contributed by atoms with Crippen molar-refractivity contribution in [3.05, 3.63) is 24.3 Å². The second-order valence-electron chi connectivity index (χ2n) is 3.56. The van der Waals surface area contributed by atoms with Crippen LogP contribution in [0.4, 0.5) is 0 Å². The highest BCUT2D eigenvalue weighted by Gasteiger charge is 2.10. The summed E-state index contributed by atoms with van der Waals surface area (Å²) in [5.74, 6) is -0.310. The monoisotopic (exact) mass is 281 g/mol. The Hall–Kier alpha value is -2.24. The van der Waals surface area contributed by atoms with Crippen molar-refractivity contribution in [2.45, 2.75) is 13.8 Å². The van der Waals surface area contributed by atoms with E-state index in [0.29, 0.717) is 11.5 Å². The molecule has 0 aliphatic rings. The molecule has 0 aliphatic carbocycles. The van der Waals surface area contributed by atoms with Crippen LogP contribution in [0.2, 0.25) is 0 Å². The summed E-state index contributed by atoms with van der Waals surface area (Å²) in [7, 11) is 0.